The molecule has 4 N–H and O–H groups in total. The summed E-state index contributed by atoms with van der Waals surface area (Å²) >= 11 is 0. The Bertz CT molecular complexity index is 1350. The van der Waals surface area contributed by atoms with Gasteiger partial charge in [0.1, 0.15) is 18.0 Å². The number of hydrogen-bond donors (Lipinski definition) is 3. The van der Waals surface area contributed by atoms with Gasteiger partial charge >= 0.3 is 13.7 Å². The van der Waals surface area contributed by atoms with E-state index in [0.717, 1.165) is 12.8 Å². The first-order chi connectivity index (χ1) is 18.7. The number of carbonyl (C=O) groups is 1. The summed E-state index contributed by atoms with van der Waals surface area (Å²) in [5.41, 5.74) is 7.18. The normalized spacial score (nSPS) is 21.5. The minimum atomic E-state index is -3.98. The summed E-state index contributed by atoms with van der Waals surface area (Å²) in [6.45, 7) is 4.99. The van der Waals surface area contributed by atoms with Crippen LogP contribution in [0, 0.1) is 0 Å². The van der Waals surface area contributed by atoms with Crippen molar-refractivity contribution in [3.8, 4) is 5.75 Å². The van der Waals surface area contributed by atoms with E-state index in [4.69, 9.17) is 24.3 Å². The molecule has 2 aliphatic rings. The first-order valence-electron chi connectivity index (χ1n) is 13.1. The SMILES string of the molecule is CC(C)OC(=O)[C@@H](C)NP(=O)(OC[C@@H]1CC[C@H](n2cnc3c(NC4CC4)nc(N)nc32)O1)Oc1ccccc1. The van der Waals surface area contributed by atoms with Gasteiger partial charge in [0.15, 0.2) is 17.0 Å². The van der Waals surface area contributed by atoms with Crippen LogP contribution < -0.4 is 20.7 Å². The molecule has 0 bridgehead atoms. The maximum Gasteiger partial charge on any atom is 0.459 e. The summed E-state index contributed by atoms with van der Waals surface area (Å²) in [7, 11) is -3.98. The van der Waals surface area contributed by atoms with Gasteiger partial charge in [-0.2, -0.15) is 15.1 Å². The van der Waals surface area contributed by atoms with Gasteiger partial charge in [-0.15, -0.1) is 0 Å². The molecule has 210 valence electrons. The number of nitrogens with one attached hydrogen (secondary N) is 2. The third-order valence-corrected chi connectivity index (χ3v) is 7.85. The summed E-state index contributed by atoms with van der Waals surface area (Å²) in [6, 6.07) is 8.07. The number of ether oxygens (including phenoxy) is 2. The van der Waals surface area contributed by atoms with Gasteiger partial charge in [0.05, 0.1) is 25.1 Å². The van der Waals surface area contributed by atoms with Crippen LogP contribution in [0.3, 0.4) is 0 Å². The second-order valence-electron chi connectivity index (χ2n) is 10.00. The van der Waals surface area contributed by atoms with Crippen molar-refractivity contribution in [3.05, 3.63) is 36.7 Å². The zero-order chi connectivity index (χ0) is 27.6. The van der Waals surface area contributed by atoms with E-state index >= 15 is 0 Å². The summed E-state index contributed by atoms with van der Waals surface area (Å²) in [6.07, 6.45) is 4.06. The third-order valence-electron chi connectivity index (χ3n) is 6.21. The number of hydrogen-bond acceptors (Lipinski definition) is 11. The zero-order valence-electron chi connectivity index (χ0n) is 22.1. The predicted octanol–water partition coefficient (Wildman–Crippen LogP) is 3.79. The number of nitrogens with zero attached hydrogens (tertiary/aromatic N) is 4. The molecule has 13 nitrogen and oxygen atoms in total. The van der Waals surface area contributed by atoms with Crippen LogP contribution in [0.4, 0.5) is 11.8 Å². The highest BCUT2D eigenvalue weighted by Gasteiger charge is 2.36. The Morgan fingerprint density at radius 3 is 2.67 bits per heavy atom. The maximum atomic E-state index is 13.7. The summed E-state index contributed by atoms with van der Waals surface area (Å²) in [5.74, 6) is 0.541. The molecule has 1 aromatic carbocycles. The average Bonchev–Trinajstić information content (AvgIpc) is 3.40. The number of para-hydroxylation sites is 1. The van der Waals surface area contributed by atoms with Gasteiger partial charge in [0.2, 0.25) is 5.95 Å². The van der Waals surface area contributed by atoms with Crippen LogP contribution in [0.5, 0.6) is 5.75 Å². The Morgan fingerprint density at radius 2 is 1.95 bits per heavy atom. The van der Waals surface area contributed by atoms with Crippen molar-refractivity contribution in [1.82, 2.24) is 24.6 Å². The highest BCUT2D eigenvalue weighted by molar-refractivity contribution is 7.52. The summed E-state index contributed by atoms with van der Waals surface area (Å²) in [5, 5.41) is 6.05. The lowest BCUT2D eigenvalue weighted by atomic mass is 10.2. The summed E-state index contributed by atoms with van der Waals surface area (Å²) in [4.78, 5) is 25.6. The minimum absolute atomic E-state index is 0.0300. The molecule has 14 heteroatoms. The van der Waals surface area contributed by atoms with Gasteiger partial charge < -0.3 is 25.0 Å². The van der Waals surface area contributed by atoms with Crippen LogP contribution in [-0.4, -0.2) is 56.4 Å². The van der Waals surface area contributed by atoms with Gasteiger partial charge in [-0.1, -0.05) is 18.2 Å². The fourth-order valence-corrected chi connectivity index (χ4v) is 5.72. The third kappa shape index (κ3) is 6.85. The number of esters is 1. The van der Waals surface area contributed by atoms with E-state index in [2.05, 4.69) is 25.4 Å². The first-order valence-corrected chi connectivity index (χ1v) is 14.6. The van der Waals surface area contributed by atoms with Gasteiger partial charge in [0, 0.05) is 6.04 Å². The number of anilines is 2. The van der Waals surface area contributed by atoms with Crippen molar-refractivity contribution in [2.24, 2.45) is 0 Å². The maximum absolute atomic E-state index is 13.7. The molecule has 0 radical (unpaired) electrons. The highest BCUT2D eigenvalue weighted by Crippen LogP contribution is 2.46. The van der Waals surface area contributed by atoms with Crippen molar-refractivity contribution in [1.29, 1.82) is 0 Å². The standard InChI is InChI=1S/C25H34N7O6P/c1-15(2)36-24(33)16(3)31-39(34,38-18-7-5-4-6-8-18)35-13-19-11-12-20(37-19)32-14-27-21-22(28-17-9-10-17)29-25(26)30-23(21)32/h4-8,14-17,19-20H,9-13H2,1-3H3,(H,31,34)(H3,26,28,29,30)/t16-,19+,20-,39?/m1/s1. The van der Waals surface area contributed by atoms with Crippen molar-refractivity contribution in [2.75, 3.05) is 17.7 Å². The lowest BCUT2D eigenvalue weighted by molar-refractivity contribution is -0.149. The number of aromatic nitrogens is 4. The Hall–Kier alpha value is -3.25. The topological polar surface area (TPSA) is 165 Å². The molecule has 1 saturated carbocycles. The monoisotopic (exact) mass is 559 g/mol. The van der Waals surface area contributed by atoms with Crippen molar-refractivity contribution in [3.63, 3.8) is 0 Å². The predicted molar refractivity (Wildman–Crippen MR) is 144 cm³/mol. The quantitative estimate of drug-likeness (QED) is 0.217. The molecule has 2 fully saturated rings. The van der Waals surface area contributed by atoms with E-state index in [1.807, 2.05) is 10.6 Å². The van der Waals surface area contributed by atoms with Crippen LogP contribution in [0.2, 0.25) is 0 Å². The Morgan fingerprint density at radius 1 is 1.18 bits per heavy atom. The molecule has 4 atom stereocenters. The average molecular weight is 560 g/mol. The van der Waals surface area contributed by atoms with Gasteiger partial charge in [-0.05, 0) is 58.6 Å². The molecule has 39 heavy (non-hydrogen) atoms. The van der Waals surface area contributed by atoms with Gasteiger partial charge in [0.25, 0.3) is 0 Å². The van der Waals surface area contributed by atoms with Crippen LogP contribution in [0.25, 0.3) is 11.2 Å². The second kappa shape index (κ2) is 11.5. The number of nitrogen functional groups attached to an aromatic ring is 1. The van der Waals surface area contributed by atoms with E-state index < -0.39 is 19.8 Å². The molecule has 0 spiro atoms. The second-order valence-corrected chi connectivity index (χ2v) is 11.7. The number of nitrogens with two attached hydrogens (primary N) is 1. The number of carbonyl (C=O) groups excluding carboxylic acids is 1. The van der Waals surface area contributed by atoms with Crippen LogP contribution in [-0.2, 0) is 23.4 Å². The zero-order valence-corrected chi connectivity index (χ0v) is 23.0. The molecule has 1 aliphatic carbocycles. The minimum Gasteiger partial charge on any atom is -0.462 e. The van der Waals surface area contributed by atoms with Gasteiger partial charge in [-0.3, -0.25) is 13.9 Å². The van der Waals surface area contributed by atoms with Crippen LogP contribution in [0.15, 0.2) is 36.7 Å². The number of fused-ring (bicyclic) bond motifs is 1. The molecular weight excluding hydrogens is 525 g/mol. The van der Waals surface area contributed by atoms with Crippen molar-refractivity contribution in [2.45, 2.75) is 77.0 Å². The molecule has 3 heterocycles. The number of rotatable bonds is 12. The Kier molecular flexibility index (Phi) is 8.03. The lowest BCUT2D eigenvalue weighted by Gasteiger charge is -2.24. The highest BCUT2D eigenvalue weighted by atomic mass is 31.2. The van der Waals surface area contributed by atoms with E-state index in [9.17, 15) is 9.36 Å². The van der Waals surface area contributed by atoms with E-state index in [-0.39, 0.29) is 31.0 Å². The van der Waals surface area contributed by atoms with Crippen molar-refractivity contribution >= 4 is 36.6 Å². The number of benzene rings is 1. The van der Waals surface area contributed by atoms with Crippen LogP contribution in [0.1, 0.15) is 52.7 Å². The largest absolute Gasteiger partial charge is 0.462 e. The molecule has 0 amide bonds. The Labute approximate surface area is 226 Å². The van der Waals surface area contributed by atoms with Crippen molar-refractivity contribution < 1.29 is 27.9 Å². The molecule has 5 rings (SSSR count). The fraction of sp³-hybridized carbons (Fsp3) is 0.520. The molecule has 1 saturated heterocycles. The Balaban J connectivity index is 1.26. The molecule has 2 aromatic heterocycles. The lowest BCUT2D eigenvalue weighted by Crippen LogP contribution is -2.36. The van der Waals surface area contributed by atoms with E-state index in [1.165, 1.54) is 0 Å². The van der Waals surface area contributed by atoms with E-state index in [0.29, 0.717) is 41.6 Å². The number of imidazole rings is 1. The fourth-order valence-electron chi connectivity index (χ4n) is 4.20. The molecule has 1 aliphatic heterocycles. The first kappa shape index (κ1) is 27.3. The molecular formula is C25H34N7O6P. The molecule has 1 unspecified atom stereocenters. The van der Waals surface area contributed by atoms with E-state index in [1.54, 1.807) is 51.4 Å². The smallest absolute Gasteiger partial charge is 0.459 e. The molecule has 3 aromatic rings. The van der Waals surface area contributed by atoms with Crippen LogP contribution >= 0.6 is 7.75 Å². The van der Waals surface area contributed by atoms with Gasteiger partial charge in [-0.25, -0.2) is 9.55 Å². The summed E-state index contributed by atoms with van der Waals surface area (Å²) < 4.78 is 38.5.